The molecule has 158 valence electrons. The first-order valence-corrected chi connectivity index (χ1v) is 26.3. The van der Waals surface area contributed by atoms with E-state index in [0.29, 0.717) is 0 Å². The van der Waals surface area contributed by atoms with Crippen molar-refractivity contribution in [1.82, 2.24) is 0 Å². The minimum Gasteiger partial charge on any atom is -0.161 e. The monoisotopic (exact) mass is 542 g/mol. The zero-order chi connectivity index (χ0) is 20.1. The van der Waals surface area contributed by atoms with Crippen molar-refractivity contribution in [2.75, 3.05) is 34.5 Å². The maximum Gasteiger partial charge on any atom is 0.251 e. The summed E-state index contributed by atoms with van der Waals surface area (Å²) < 4.78 is 0. The summed E-state index contributed by atoms with van der Waals surface area (Å²) in [6.07, 6.45) is 0. The molecular formula is C16H38S8Si2. The van der Waals surface area contributed by atoms with Crippen LogP contribution in [0.4, 0.5) is 0 Å². The molecule has 0 fully saturated rings. The predicted molar refractivity (Wildman–Crippen MR) is 154 cm³/mol. The molecule has 0 spiro atoms. The Balaban J connectivity index is 5.16. The van der Waals surface area contributed by atoms with Crippen LogP contribution < -0.4 is 0 Å². The molecular weight excluding hydrogens is 505 g/mol. The van der Waals surface area contributed by atoms with Crippen LogP contribution in [-0.4, -0.2) is 55.3 Å². The topological polar surface area (TPSA) is 0 Å². The van der Waals surface area contributed by atoms with E-state index in [1.54, 1.807) is 0 Å². The van der Waals surface area contributed by atoms with Crippen molar-refractivity contribution in [1.29, 1.82) is 0 Å². The van der Waals surface area contributed by atoms with E-state index in [2.05, 4.69) is 144 Å². The maximum absolute atomic E-state index is 2.53. The Morgan fingerprint density at radius 1 is 0.462 bits per heavy atom. The molecule has 0 aliphatic rings. The van der Waals surface area contributed by atoms with Crippen molar-refractivity contribution >= 4 is 99.9 Å². The Morgan fingerprint density at radius 2 is 0.654 bits per heavy atom. The van der Waals surface area contributed by atoms with Gasteiger partial charge in [0.25, 0.3) is 11.0 Å². The molecule has 0 heterocycles. The van der Waals surface area contributed by atoms with Crippen molar-refractivity contribution in [3.8, 4) is 0 Å². The van der Waals surface area contributed by atoms with Gasteiger partial charge in [-0.2, -0.15) is 67.3 Å². The molecule has 0 radical (unpaired) electrons. The fourth-order valence-corrected chi connectivity index (χ4v) is 52.4. The lowest BCUT2D eigenvalue weighted by molar-refractivity contribution is 1.38. The summed E-state index contributed by atoms with van der Waals surface area (Å²) in [7, 11) is 4.45. The normalized spacial score (nSPS) is 15.2. The molecule has 0 bridgehead atoms. The van der Waals surface area contributed by atoms with Gasteiger partial charge in [-0.05, 0) is 34.5 Å². The molecule has 0 aliphatic heterocycles. The summed E-state index contributed by atoms with van der Waals surface area (Å²) in [5.74, 6) is 7.58. The standard InChI is InChI=1S/C16H38S8Si2/c1-9-17-25(18-10-2,19-11-3)15(7)23-24-16(8)26(20-12-4,21-13-5)22-14-6/h15-16H,9-14H2,1-8H3. The van der Waals surface area contributed by atoms with E-state index in [-0.39, 0.29) is 0 Å². The smallest absolute Gasteiger partial charge is 0.161 e. The number of hydrogen-bond acceptors (Lipinski definition) is 8. The van der Waals surface area contributed by atoms with E-state index >= 15 is 0 Å². The highest BCUT2D eigenvalue weighted by molar-refractivity contribution is 8.88. The fourth-order valence-electron chi connectivity index (χ4n) is 2.45. The number of hydrogen-bond donors (Lipinski definition) is 0. The minimum absolute atomic E-state index is 0.784. The van der Waals surface area contributed by atoms with Crippen LogP contribution in [0.5, 0.6) is 0 Å². The Labute approximate surface area is 197 Å². The van der Waals surface area contributed by atoms with Crippen molar-refractivity contribution in [2.45, 2.75) is 65.1 Å². The predicted octanol–water partition coefficient (Wildman–Crippen LogP) is 8.62. The summed E-state index contributed by atoms with van der Waals surface area (Å²) in [4.78, 5) is 1.57. The van der Waals surface area contributed by atoms with Crippen LogP contribution >= 0.6 is 88.9 Å². The van der Waals surface area contributed by atoms with E-state index in [0.717, 1.165) is 9.75 Å². The quantitative estimate of drug-likeness (QED) is 0.131. The maximum atomic E-state index is 2.53. The molecule has 10 heteroatoms. The van der Waals surface area contributed by atoms with E-state index in [9.17, 15) is 0 Å². The van der Waals surface area contributed by atoms with Gasteiger partial charge in [-0.15, -0.1) is 0 Å². The van der Waals surface area contributed by atoms with Crippen molar-refractivity contribution < 1.29 is 0 Å². The zero-order valence-electron chi connectivity index (χ0n) is 17.7. The first-order chi connectivity index (χ1) is 12.4. The second-order valence-corrected chi connectivity index (χ2v) is 39.9. The van der Waals surface area contributed by atoms with Crippen LogP contribution in [0.3, 0.4) is 0 Å². The molecule has 0 amide bonds. The SMILES string of the molecule is CCS[Si](SCC)(SCC)C(C)SSC(C)[Si](SCC)(SCC)SCC. The molecule has 0 rings (SSSR count). The van der Waals surface area contributed by atoms with Gasteiger partial charge in [-0.25, -0.2) is 0 Å². The van der Waals surface area contributed by atoms with Crippen LogP contribution in [0.2, 0.25) is 0 Å². The van der Waals surface area contributed by atoms with E-state index < -0.39 is 11.0 Å². The van der Waals surface area contributed by atoms with Crippen molar-refractivity contribution in [2.24, 2.45) is 0 Å². The highest BCUT2D eigenvalue weighted by Crippen LogP contribution is 2.55. The first-order valence-electron chi connectivity index (χ1n) is 9.57. The van der Waals surface area contributed by atoms with Gasteiger partial charge in [0.2, 0.25) is 0 Å². The molecule has 0 N–H and O–H groups in total. The Kier molecular flexibility index (Phi) is 19.0. The molecule has 0 aromatic rings. The Bertz CT molecular complexity index is 282. The lowest BCUT2D eigenvalue weighted by atomic mass is 11.0. The van der Waals surface area contributed by atoms with Gasteiger partial charge in [0.15, 0.2) is 0 Å². The summed E-state index contributed by atoms with van der Waals surface area (Å²) in [5, 5.41) is 0. The fraction of sp³-hybridized carbons (Fsp3) is 1.00. The third kappa shape index (κ3) is 9.58. The van der Waals surface area contributed by atoms with Gasteiger partial charge in [-0.3, -0.25) is 0 Å². The van der Waals surface area contributed by atoms with Crippen LogP contribution in [0.1, 0.15) is 55.4 Å². The van der Waals surface area contributed by atoms with Crippen LogP contribution in [0, 0.1) is 0 Å². The van der Waals surface area contributed by atoms with E-state index in [4.69, 9.17) is 0 Å². The Hall–Kier alpha value is 3.23. The van der Waals surface area contributed by atoms with Gasteiger partial charge in [0, 0.05) is 9.75 Å². The molecule has 26 heavy (non-hydrogen) atoms. The largest absolute Gasteiger partial charge is 0.251 e. The van der Waals surface area contributed by atoms with Crippen LogP contribution in [-0.2, 0) is 0 Å². The van der Waals surface area contributed by atoms with E-state index in [1.165, 1.54) is 34.5 Å². The van der Waals surface area contributed by atoms with Gasteiger partial charge < -0.3 is 0 Å². The molecule has 0 saturated carbocycles. The third-order valence-corrected chi connectivity index (χ3v) is 50.4. The first kappa shape index (κ1) is 29.2. The lowest BCUT2D eigenvalue weighted by Crippen LogP contribution is -2.38. The second-order valence-electron chi connectivity index (χ2n) is 5.28. The van der Waals surface area contributed by atoms with Gasteiger partial charge in [0.1, 0.15) is 0 Å². The molecule has 0 saturated heterocycles. The molecule has 2 unspecified atom stereocenters. The molecule has 0 aromatic heterocycles. The Morgan fingerprint density at radius 3 is 0.808 bits per heavy atom. The van der Waals surface area contributed by atoms with Gasteiger partial charge in [0.05, 0.1) is 0 Å². The lowest BCUT2D eigenvalue weighted by Gasteiger charge is -2.37. The third-order valence-electron chi connectivity index (χ3n) is 3.41. The van der Waals surface area contributed by atoms with E-state index in [1.807, 2.05) is 0 Å². The van der Waals surface area contributed by atoms with Crippen molar-refractivity contribution in [3.05, 3.63) is 0 Å². The summed E-state index contributed by atoms with van der Waals surface area (Å²) >= 11 is 13.8. The van der Waals surface area contributed by atoms with Gasteiger partial charge in [-0.1, -0.05) is 77.0 Å². The molecule has 0 aromatic carbocycles. The summed E-state index contributed by atoms with van der Waals surface area (Å²) in [5.41, 5.74) is -2.79. The molecule has 0 nitrogen and oxygen atoms in total. The van der Waals surface area contributed by atoms with Gasteiger partial charge >= 0.3 is 0 Å². The molecule has 0 aliphatic carbocycles. The zero-order valence-corrected chi connectivity index (χ0v) is 26.2. The highest BCUT2D eigenvalue weighted by Gasteiger charge is 2.44. The number of rotatable bonds is 17. The van der Waals surface area contributed by atoms with Crippen LogP contribution in [0.15, 0.2) is 0 Å². The second kappa shape index (κ2) is 16.9. The molecule has 2 atom stereocenters. The average Bonchev–Trinajstić information content (AvgIpc) is 2.60. The van der Waals surface area contributed by atoms with Crippen molar-refractivity contribution in [3.63, 3.8) is 0 Å². The highest BCUT2D eigenvalue weighted by atomic mass is 33.1. The summed E-state index contributed by atoms with van der Waals surface area (Å²) in [6.45, 7) is 19.1. The average molecular weight is 543 g/mol. The minimum atomic E-state index is -1.39. The van der Waals surface area contributed by atoms with Crippen LogP contribution in [0.25, 0.3) is 0 Å². The summed E-state index contributed by atoms with van der Waals surface area (Å²) in [6, 6.07) is 0.